The Morgan fingerprint density at radius 3 is 2.36 bits per heavy atom. The number of benzene rings is 1. The van der Waals surface area contributed by atoms with Crippen molar-refractivity contribution in [3.63, 3.8) is 0 Å². The van der Waals surface area contributed by atoms with Crippen LogP contribution in [0.4, 0.5) is 0 Å². The van der Waals surface area contributed by atoms with Crippen LogP contribution < -0.4 is 10.6 Å². The van der Waals surface area contributed by atoms with E-state index in [0.29, 0.717) is 0 Å². The number of hydrogen-bond acceptors (Lipinski definition) is 3. The number of piperidine rings is 1. The molecule has 1 heterocycles. The van der Waals surface area contributed by atoms with E-state index in [0.717, 1.165) is 25.9 Å². The Morgan fingerprint density at radius 1 is 1.23 bits per heavy atom. The van der Waals surface area contributed by atoms with Gasteiger partial charge in [0.2, 0.25) is 0 Å². The number of ether oxygens (including phenoxy) is 1. The molecule has 0 aliphatic carbocycles. The van der Waals surface area contributed by atoms with Crippen molar-refractivity contribution in [2.45, 2.75) is 44.2 Å². The van der Waals surface area contributed by atoms with Gasteiger partial charge < -0.3 is 15.4 Å². The summed E-state index contributed by atoms with van der Waals surface area (Å²) >= 11 is 0. The lowest BCUT2D eigenvalue weighted by molar-refractivity contribution is -0.147. The smallest absolute Gasteiger partial charge is 0.252 e. The predicted molar refractivity (Wildman–Crippen MR) is 91.6 cm³/mol. The zero-order valence-corrected chi connectivity index (χ0v) is 14.4. The third-order valence-electron chi connectivity index (χ3n) is 4.65. The summed E-state index contributed by atoms with van der Waals surface area (Å²) in [5, 5.41) is 6.42. The van der Waals surface area contributed by atoms with Gasteiger partial charge in [0.05, 0.1) is 0 Å². The molecule has 5 heteroatoms. The topological polar surface area (TPSA) is 50.4 Å². The van der Waals surface area contributed by atoms with E-state index in [-0.39, 0.29) is 30.3 Å². The van der Waals surface area contributed by atoms with E-state index >= 15 is 0 Å². The monoisotopic (exact) mass is 326 g/mol. The maximum absolute atomic E-state index is 12.6. The van der Waals surface area contributed by atoms with Crippen LogP contribution in [0.1, 0.15) is 38.2 Å². The summed E-state index contributed by atoms with van der Waals surface area (Å²) in [4.78, 5) is 12.6. The number of halogens is 1. The summed E-state index contributed by atoms with van der Waals surface area (Å²) in [6.45, 7) is 5.84. The van der Waals surface area contributed by atoms with E-state index in [4.69, 9.17) is 4.74 Å². The highest BCUT2D eigenvalue weighted by atomic mass is 35.5. The fraction of sp³-hybridized carbons (Fsp3) is 0.588. The van der Waals surface area contributed by atoms with Crippen molar-refractivity contribution >= 4 is 18.3 Å². The van der Waals surface area contributed by atoms with Gasteiger partial charge in [-0.3, -0.25) is 4.79 Å². The number of carbonyl (C=O) groups excluding carboxylic acids is 1. The Bertz CT molecular complexity index is 461. The summed E-state index contributed by atoms with van der Waals surface area (Å²) in [6.07, 6.45) is 1.45. The Balaban J connectivity index is 0.00000242. The van der Waals surface area contributed by atoms with Gasteiger partial charge in [0.1, 0.15) is 5.60 Å². The molecule has 0 radical (unpaired) electrons. The first-order valence-electron chi connectivity index (χ1n) is 7.71. The number of methoxy groups -OCH3 is 1. The molecule has 1 aliphatic heterocycles. The van der Waals surface area contributed by atoms with E-state index in [2.05, 4.69) is 36.6 Å². The number of nitrogens with one attached hydrogen (secondary N) is 2. The summed E-state index contributed by atoms with van der Waals surface area (Å²) in [7, 11) is 1.64. The van der Waals surface area contributed by atoms with Crippen LogP contribution in [0.3, 0.4) is 0 Å². The normalized spacial score (nSPS) is 19.6. The summed E-state index contributed by atoms with van der Waals surface area (Å²) < 4.78 is 5.57. The van der Waals surface area contributed by atoms with Crippen LogP contribution in [0.25, 0.3) is 0 Å². The first-order valence-corrected chi connectivity index (χ1v) is 7.71. The molecule has 2 N–H and O–H groups in total. The first-order chi connectivity index (χ1) is 10.1. The predicted octanol–water partition coefficient (Wildman–Crippen LogP) is 2.49. The van der Waals surface area contributed by atoms with Crippen molar-refractivity contribution in [1.82, 2.24) is 10.6 Å². The van der Waals surface area contributed by atoms with Crippen molar-refractivity contribution < 1.29 is 9.53 Å². The SMILES string of the molecule is COC1(C(=O)NC(C)C(C)c2ccccc2)CCNCC1.Cl. The second kappa shape index (κ2) is 8.51. The Kier molecular flexibility index (Phi) is 7.33. The fourth-order valence-electron chi connectivity index (χ4n) is 2.86. The van der Waals surface area contributed by atoms with Gasteiger partial charge in [0.15, 0.2) is 0 Å². The summed E-state index contributed by atoms with van der Waals surface area (Å²) in [5.74, 6) is 0.285. The molecule has 2 atom stereocenters. The van der Waals surface area contributed by atoms with Gasteiger partial charge in [-0.25, -0.2) is 0 Å². The van der Waals surface area contributed by atoms with Crippen molar-refractivity contribution in [3.8, 4) is 0 Å². The highest BCUT2D eigenvalue weighted by Crippen LogP contribution is 2.24. The number of amides is 1. The van der Waals surface area contributed by atoms with Gasteiger partial charge in [-0.05, 0) is 38.4 Å². The molecule has 1 fully saturated rings. The molecule has 0 aromatic heterocycles. The number of hydrogen-bond donors (Lipinski definition) is 2. The average Bonchev–Trinajstić information content (AvgIpc) is 2.55. The Hall–Kier alpha value is -1.10. The highest BCUT2D eigenvalue weighted by molar-refractivity contribution is 5.86. The molecular formula is C17H27ClN2O2. The van der Waals surface area contributed by atoms with Crippen LogP contribution in [-0.4, -0.2) is 37.7 Å². The van der Waals surface area contributed by atoms with Crippen LogP contribution in [0, 0.1) is 0 Å². The first kappa shape index (κ1) is 18.9. The van der Waals surface area contributed by atoms with E-state index in [1.165, 1.54) is 5.56 Å². The van der Waals surface area contributed by atoms with Crippen LogP contribution in [-0.2, 0) is 9.53 Å². The van der Waals surface area contributed by atoms with Crippen molar-refractivity contribution in [3.05, 3.63) is 35.9 Å². The molecule has 4 nitrogen and oxygen atoms in total. The molecule has 22 heavy (non-hydrogen) atoms. The molecule has 0 spiro atoms. The lowest BCUT2D eigenvalue weighted by atomic mass is 9.89. The maximum atomic E-state index is 12.6. The molecular weight excluding hydrogens is 300 g/mol. The zero-order valence-electron chi connectivity index (χ0n) is 13.6. The van der Waals surface area contributed by atoms with E-state index in [1.54, 1.807) is 7.11 Å². The highest BCUT2D eigenvalue weighted by Gasteiger charge is 2.40. The zero-order chi connectivity index (χ0) is 15.3. The van der Waals surface area contributed by atoms with Crippen LogP contribution >= 0.6 is 12.4 Å². The van der Waals surface area contributed by atoms with Crippen LogP contribution in [0.2, 0.25) is 0 Å². The minimum Gasteiger partial charge on any atom is -0.368 e. The lowest BCUT2D eigenvalue weighted by Gasteiger charge is -2.36. The average molecular weight is 327 g/mol. The van der Waals surface area contributed by atoms with E-state index in [9.17, 15) is 4.79 Å². The maximum Gasteiger partial charge on any atom is 0.252 e. The summed E-state index contributed by atoms with van der Waals surface area (Å²) in [6, 6.07) is 10.3. The second-order valence-corrected chi connectivity index (χ2v) is 5.91. The van der Waals surface area contributed by atoms with Gasteiger partial charge >= 0.3 is 0 Å². The fourth-order valence-corrected chi connectivity index (χ4v) is 2.86. The van der Waals surface area contributed by atoms with E-state index < -0.39 is 5.60 Å². The van der Waals surface area contributed by atoms with Gasteiger partial charge in [-0.2, -0.15) is 0 Å². The molecule has 1 aromatic carbocycles. The van der Waals surface area contributed by atoms with Crippen LogP contribution in [0.15, 0.2) is 30.3 Å². The van der Waals surface area contributed by atoms with E-state index in [1.807, 2.05) is 18.2 Å². The third kappa shape index (κ3) is 4.22. The molecule has 1 aromatic rings. The van der Waals surface area contributed by atoms with Gasteiger partial charge in [-0.15, -0.1) is 12.4 Å². The molecule has 2 unspecified atom stereocenters. The molecule has 0 saturated carbocycles. The standard InChI is InChI=1S/C17H26N2O2.ClH/c1-13(15-7-5-4-6-8-15)14(2)19-16(20)17(21-3)9-11-18-12-10-17;/h4-8,13-14,18H,9-12H2,1-3H3,(H,19,20);1H. The molecule has 1 saturated heterocycles. The van der Waals surface area contributed by atoms with Crippen LogP contribution in [0.5, 0.6) is 0 Å². The minimum atomic E-state index is -0.671. The van der Waals surface area contributed by atoms with Crippen molar-refractivity contribution in [2.24, 2.45) is 0 Å². The lowest BCUT2D eigenvalue weighted by Crippen LogP contribution is -2.56. The second-order valence-electron chi connectivity index (χ2n) is 5.91. The van der Waals surface area contributed by atoms with Gasteiger partial charge in [0.25, 0.3) is 5.91 Å². The molecule has 1 amide bonds. The number of carbonyl (C=O) groups is 1. The van der Waals surface area contributed by atoms with Crippen molar-refractivity contribution in [1.29, 1.82) is 0 Å². The largest absolute Gasteiger partial charge is 0.368 e. The number of rotatable bonds is 5. The Morgan fingerprint density at radius 2 is 1.82 bits per heavy atom. The van der Waals surface area contributed by atoms with Gasteiger partial charge in [-0.1, -0.05) is 37.3 Å². The Labute approximate surface area is 139 Å². The van der Waals surface area contributed by atoms with Gasteiger partial charge in [0, 0.05) is 19.1 Å². The summed E-state index contributed by atoms with van der Waals surface area (Å²) in [5.41, 5.74) is 0.567. The minimum absolute atomic E-state index is 0. The van der Waals surface area contributed by atoms with Crippen molar-refractivity contribution in [2.75, 3.05) is 20.2 Å². The molecule has 124 valence electrons. The molecule has 0 bridgehead atoms. The quantitative estimate of drug-likeness (QED) is 0.874. The molecule has 1 aliphatic rings. The molecule has 2 rings (SSSR count). The third-order valence-corrected chi connectivity index (χ3v) is 4.65.